The number of aryl methyl sites for hydroxylation is 1. The molecular weight excluding hydrogens is 265 g/mol. The summed E-state index contributed by atoms with van der Waals surface area (Å²) < 4.78 is 19.1. The Labute approximate surface area is 116 Å². The highest BCUT2D eigenvalue weighted by Gasteiger charge is 2.07. The molecule has 0 aromatic heterocycles. The molecule has 0 saturated heterocycles. The lowest BCUT2D eigenvalue weighted by Crippen LogP contribution is -1.91. The van der Waals surface area contributed by atoms with Gasteiger partial charge >= 0.3 is 0 Å². The minimum Gasteiger partial charge on any atom is -0.454 e. The SMILES string of the molecule is Cc1cc(Oc2ccc(C#N)cc2F)ccc1CCl. The Hall–Kier alpha value is -2.05. The Kier molecular flexibility index (Phi) is 4.03. The third-order valence-electron chi connectivity index (χ3n) is 2.75. The van der Waals surface area contributed by atoms with Crippen molar-refractivity contribution in [2.24, 2.45) is 0 Å². The summed E-state index contributed by atoms with van der Waals surface area (Å²) in [7, 11) is 0. The van der Waals surface area contributed by atoms with Crippen molar-refractivity contribution < 1.29 is 9.13 Å². The Morgan fingerprint density at radius 1 is 1.26 bits per heavy atom. The van der Waals surface area contributed by atoms with Crippen molar-refractivity contribution in [2.75, 3.05) is 0 Å². The molecule has 0 amide bonds. The summed E-state index contributed by atoms with van der Waals surface area (Å²) >= 11 is 5.77. The minimum absolute atomic E-state index is 0.0945. The van der Waals surface area contributed by atoms with Gasteiger partial charge in [-0.05, 0) is 48.4 Å². The number of halogens is 2. The molecule has 0 heterocycles. The highest BCUT2D eigenvalue weighted by Crippen LogP contribution is 2.27. The lowest BCUT2D eigenvalue weighted by Gasteiger charge is -2.09. The lowest BCUT2D eigenvalue weighted by molar-refractivity contribution is 0.442. The van der Waals surface area contributed by atoms with E-state index >= 15 is 0 Å². The van der Waals surface area contributed by atoms with E-state index in [4.69, 9.17) is 21.6 Å². The van der Waals surface area contributed by atoms with Gasteiger partial charge in [-0.2, -0.15) is 5.26 Å². The first-order valence-electron chi connectivity index (χ1n) is 5.67. The van der Waals surface area contributed by atoms with Crippen molar-refractivity contribution >= 4 is 11.6 Å². The van der Waals surface area contributed by atoms with Gasteiger partial charge in [0.05, 0.1) is 11.6 Å². The first-order chi connectivity index (χ1) is 9.13. The summed E-state index contributed by atoms with van der Waals surface area (Å²) in [5, 5.41) is 8.67. The van der Waals surface area contributed by atoms with Gasteiger partial charge in [0.2, 0.25) is 0 Å². The van der Waals surface area contributed by atoms with Crippen LogP contribution in [0, 0.1) is 24.1 Å². The zero-order valence-electron chi connectivity index (χ0n) is 10.3. The van der Waals surface area contributed by atoms with Crippen molar-refractivity contribution in [2.45, 2.75) is 12.8 Å². The zero-order valence-corrected chi connectivity index (χ0v) is 11.0. The molecule has 0 aliphatic heterocycles. The average molecular weight is 276 g/mol. The highest BCUT2D eigenvalue weighted by molar-refractivity contribution is 6.17. The van der Waals surface area contributed by atoms with Crippen molar-refractivity contribution in [3.8, 4) is 17.6 Å². The third-order valence-corrected chi connectivity index (χ3v) is 3.03. The number of ether oxygens (including phenoxy) is 1. The van der Waals surface area contributed by atoms with Crippen LogP contribution in [0.3, 0.4) is 0 Å². The summed E-state index contributed by atoms with van der Waals surface area (Å²) in [6, 6.07) is 11.4. The van der Waals surface area contributed by atoms with E-state index in [0.717, 1.165) is 17.2 Å². The normalized spacial score (nSPS) is 10.0. The summed E-state index contributed by atoms with van der Waals surface area (Å²) in [4.78, 5) is 0. The second-order valence-electron chi connectivity index (χ2n) is 4.08. The first kappa shape index (κ1) is 13.4. The second-order valence-corrected chi connectivity index (χ2v) is 4.35. The number of alkyl halides is 1. The van der Waals surface area contributed by atoms with Crippen LogP contribution in [0.2, 0.25) is 0 Å². The zero-order chi connectivity index (χ0) is 13.8. The maximum Gasteiger partial charge on any atom is 0.167 e. The molecule has 0 N–H and O–H groups in total. The molecule has 0 aliphatic rings. The summed E-state index contributed by atoms with van der Waals surface area (Å²) in [6.07, 6.45) is 0. The minimum atomic E-state index is -0.557. The van der Waals surface area contributed by atoms with E-state index in [9.17, 15) is 4.39 Å². The molecule has 0 spiro atoms. The molecule has 2 nitrogen and oxygen atoms in total. The fourth-order valence-electron chi connectivity index (χ4n) is 1.66. The quantitative estimate of drug-likeness (QED) is 0.771. The van der Waals surface area contributed by atoms with Gasteiger partial charge in [-0.1, -0.05) is 6.07 Å². The Balaban J connectivity index is 2.26. The van der Waals surface area contributed by atoms with Crippen LogP contribution in [0.15, 0.2) is 36.4 Å². The summed E-state index contributed by atoms with van der Waals surface area (Å²) in [5.41, 5.74) is 2.26. The van der Waals surface area contributed by atoms with Gasteiger partial charge in [-0.25, -0.2) is 4.39 Å². The third kappa shape index (κ3) is 3.04. The fourth-order valence-corrected chi connectivity index (χ4v) is 1.96. The molecule has 2 aromatic carbocycles. The van der Waals surface area contributed by atoms with Crippen LogP contribution in [0.5, 0.6) is 11.5 Å². The van der Waals surface area contributed by atoms with Gasteiger partial charge in [0.1, 0.15) is 5.75 Å². The first-order valence-corrected chi connectivity index (χ1v) is 6.20. The summed E-state index contributed by atoms with van der Waals surface area (Å²) in [5.74, 6) is 0.502. The molecule has 2 rings (SSSR count). The number of hydrogen-bond acceptors (Lipinski definition) is 2. The van der Waals surface area contributed by atoms with Crippen LogP contribution in [-0.2, 0) is 5.88 Å². The van der Waals surface area contributed by atoms with Gasteiger partial charge in [0.15, 0.2) is 11.6 Å². The molecule has 0 saturated carbocycles. The Bertz CT molecular complexity index is 649. The van der Waals surface area contributed by atoms with E-state index in [0.29, 0.717) is 11.6 Å². The van der Waals surface area contributed by atoms with E-state index in [-0.39, 0.29) is 11.3 Å². The molecule has 0 atom stereocenters. The second kappa shape index (κ2) is 5.73. The molecule has 0 aliphatic carbocycles. The number of hydrogen-bond donors (Lipinski definition) is 0. The van der Waals surface area contributed by atoms with Crippen molar-refractivity contribution in [1.29, 1.82) is 5.26 Å². The van der Waals surface area contributed by atoms with E-state index in [1.165, 1.54) is 12.1 Å². The van der Waals surface area contributed by atoms with Crippen LogP contribution in [0.4, 0.5) is 4.39 Å². The maximum atomic E-state index is 13.7. The fraction of sp³-hybridized carbons (Fsp3) is 0.133. The van der Waals surface area contributed by atoms with Gasteiger partial charge in [-0.15, -0.1) is 11.6 Å². The molecule has 19 heavy (non-hydrogen) atoms. The van der Waals surface area contributed by atoms with E-state index in [1.54, 1.807) is 12.1 Å². The lowest BCUT2D eigenvalue weighted by atomic mass is 10.1. The molecule has 2 aromatic rings. The number of rotatable bonds is 3. The number of nitriles is 1. The standard InChI is InChI=1S/C15H11ClFNO/c1-10-6-13(4-3-12(10)8-16)19-15-5-2-11(9-18)7-14(15)17/h2-7H,8H2,1H3. The molecular formula is C15H11ClFNO. The van der Waals surface area contributed by atoms with Crippen molar-refractivity contribution in [3.05, 3.63) is 58.9 Å². The number of benzene rings is 2. The molecule has 0 fully saturated rings. The molecule has 0 bridgehead atoms. The Morgan fingerprint density at radius 2 is 2.05 bits per heavy atom. The van der Waals surface area contributed by atoms with Crippen LogP contribution in [0.25, 0.3) is 0 Å². The predicted octanol–water partition coefficient (Wildman–Crippen LogP) is 4.54. The van der Waals surface area contributed by atoms with Gasteiger partial charge < -0.3 is 4.74 Å². The monoisotopic (exact) mass is 275 g/mol. The van der Waals surface area contributed by atoms with Crippen LogP contribution < -0.4 is 4.74 Å². The van der Waals surface area contributed by atoms with E-state index in [2.05, 4.69) is 0 Å². The highest BCUT2D eigenvalue weighted by atomic mass is 35.5. The predicted molar refractivity (Wildman–Crippen MR) is 71.9 cm³/mol. The van der Waals surface area contributed by atoms with Gasteiger partial charge in [0, 0.05) is 5.88 Å². The average Bonchev–Trinajstić information content (AvgIpc) is 2.41. The summed E-state index contributed by atoms with van der Waals surface area (Å²) in [6.45, 7) is 1.92. The van der Waals surface area contributed by atoms with Gasteiger partial charge in [-0.3, -0.25) is 0 Å². The van der Waals surface area contributed by atoms with E-state index in [1.807, 2.05) is 19.1 Å². The topological polar surface area (TPSA) is 33.0 Å². The van der Waals surface area contributed by atoms with E-state index < -0.39 is 5.82 Å². The van der Waals surface area contributed by atoms with Crippen LogP contribution >= 0.6 is 11.6 Å². The largest absolute Gasteiger partial charge is 0.454 e. The maximum absolute atomic E-state index is 13.7. The van der Waals surface area contributed by atoms with Crippen LogP contribution in [0.1, 0.15) is 16.7 Å². The molecule has 4 heteroatoms. The van der Waals surface area contributed by atoms with Gasteiger partial charge in [0.25, 0.3) is 0 Å². The smallest absolute Gasteiger partial charge is 0.167 e. The van der Waals surface area contributed by atoms with Crippen molar-refractivity contribution in [1.82, 2.24) is 0 Å². The molecule has 0 unspecified atom stereocenters. The molecule has 96 valence electrons. The molecule has 0 radical (unpaired) electrons. The van der Waals surface area contributed by atoms with Crippen molar-refractivity contribution in [3.63, 3.8) is 0 Å². The number of nitrogens with zero attached hydrogens (tertiary/aromatic N) is 1. The van der Waals surface area contributed by atoms with Crippen LogP contribution in [-0.4, -0.2) is 0 Å². The Morgan fingerprint density at radius 3 is 2.63 bits per heavy atom.